The Morgan fingerprint density at radius 3 is 2.44 bits per heavy atom. The molecule has 98 valence electrons. The van der Waals surface area contributed by atoms with E-state index in [9.17, 15) is 0 Å². The zero-order valence-electron chi connectivity index (χ0n) is 10.5. The Kier molecular flexibility index (Phi) is 6.51. The Hall–Kier alpha value is -1.28. The van der Waals surface area contributed by atoms with E-state index in [-0.39, 0.29) is 6.61 Å². The second kappa shape index (κ2) is 7.93. The van der Waals surface area contributed by atoms with Gasteiger partial charge in [-0.15, -0.1) is 0 Å². The minimum atomic E-state index is -0.394. The van der Waals surface area contributed by atoms with E-state index in [1.54, 1.807) is 18.2 Å². The smallest absolute Gasteiger partial charge is 0.191 e. The van der Waals surface area contributed by atoms with E-state index in [1.807, 2.05) is 19.9 Å². The first kappa shape index (κ1) is 14.8. The van der Waals surface area contributed by atoms with Crippen LogP contribution in [-0.2, 0) is 9.47 Å². The van der Waals surface area contributed by atoms with Gasteiger partial charge in [-0.2, -0.15) is 5.26 Å². The second-order valence-corrected chi connectivity index (χ2v) is 3.81. The van der Waals surface area contributed by atoms with Crippen LogP contribution in [0.4, 0.5) is 0 Å². The quantitative estimate of drug-likeness (QED) is 0.714. The van der Waals surface area contributed by atoms with Crippen molar-refractivity contribution in [1.82, 2.24) is 0 Å². The second-order valence-electron chi connectivity index (χ2n) is 3.40. The number of halogens is 1. The lowest BCUT2D eigenvalue weighted by Gasteiger charge is -2.17. The molecule has 4 nitrogen and oxygen atoms in total. The summed E-state index contributed by atoms with van der Waals surface area (Å²) < 4.78 is 16.2. The molecule has 0 heterocycles. The Balaban J connectivity index is 2.56. The van der Waals surface area contributed by atoms with Crippen molar-refractivity contribution in [3.05, 3.63) is 28.8 Å². The Bertz CT molecular complexity index is 411. The zero-order valence-corrected chi connectivity index (χ0v) is 11.2. The van der Waals surface area contributed by atoms with Gasteiger partial charge < -0.3 is 14.2 Å². The summed E-state index contributed by atoms with van der Waals surface area (Å²) in [6.45, 7) is 5.18. The molecular weight excluding hydrogens is 254 g/mol. The molecule has 0 bridgehead atoms. The van der Waals surface area contributed by atoms with Gasteiger partial charge in [0.15, 0.2) is 6.29 Å². The summed E-state index contributed by atoms with van der Waals surface area (Å²) in [5, 5.41) is 9.13. The summed E-state index contributed by atoms with van der Waals surface area (Å²) in [6.07, 6.45) is -0.394. The van der Waals surface area contributed by atoms with Gasteiger partial charge in [-0.1, -0.05) is 11.6 Å². The summed E-state index contributed by atoms with van der Waals surface area (Å²) in [4.78, 5) is 0. The van der Waals surface area contributed by atoms with Crippen LogP contribution < -0.4 is 4.74 Å². The topological polar surface area (TPSA) is 51.5 Å². The SMILES string of the molecule is CCOC(COc1ccc(C#N)c(Cl)c1)OCC. The van der Waals surface area contributed by atoms with Gasteiger partial charge in [-0.25, -0.2) is 0 Å². The van der Waals surface area contributed by atoms with Crippen molar-refractivity contribution < 1.29 is 14.2 Å². The summed E-state index contributed by atoms with van der Waals surface area (Å²) in [5.74, 6) is 0.586. The van der Waals surface area contributed by atoms with E-state index in [4.69, 9.17) is 31.1 Å². The van der Waals surface area contributed by atoms with Gasteiger partial charge >= 0.3 is 0 Å². The van der Waals surface area contributed by atoms with Crippen LogP contribution in [0.1, 0.15) is 19.4 Å². The molecule has 0 unspecified atom stereocenters. The average Bonchev–Trinajstić information content (AvgIpc) is 2.36. The zero-order chi connectivity index (χ0) is 13.4. The van der Waals surface area contributed by atoms with E-state index in [1.165, 1.54) is 0 Å². The summed E-state index contributed by atoms with van der Waals surface area (Å²) in [6, 6.07) is 6.91. The highest BCUT2D eigenvalue weighted by molar-refractivity contribution is 6.31. The lowest BCUT2D eigenvalue weighted by molar-refractivity contribution is -0.152. The number of benzene rings is 1. The summed E-state index contributed by atoms with van der Waals surface area (Å²) in [7, 11) is 0. The molecule has 0 radical (unpaired) electrons. The van der Waals surface area contributed by atoms with Crippen molar-refractivity contribution in [2.45, 2.75) is 20.1 Å². The first-order chi connectivity index (χ1) is 8.71. The number of rotatable bonds is 7. The molecule has 0 atom stereocenters. The third-order valence-electron chi connectivity index (χ3n) is 2.15. The number of hydrogen-bond acceptors (Lipinski definition) is 4. The molecule has 1 aromatic rings. The van der Waals surface area contributed by atoms with Gasteiger partial charge in [0, 0.05) is 19.3 Å². The monoisotopic (exact) mass is 269 g/mol. The van der Waals surface area contributed by atoms with E-state index < -0.39 is 6.29 Å². The molecule has 0 saturated carbocycles. The van der Waals surface area contributed by atoms with Crippen molar-refractivity contribution in [2.75, 3.05) is 19.8 Å². The third kappa shape index (κ3) is 4.53. The predicted molar refractivity (Wildman–Crippen MR) is 68.7 cm³/mol. The van der Waals surface area contributed by atoms with E-state index in [2.05, 4.69) is 0 Å². The molecule has 0 fully saturated rings. The van der Waals surface area contributed by atoms with Crippen LogP contribution in [0.3, 0.4) is 0 Å². The molecule has 0 aliphatic rings. The fourth-order valence-electron chi connectivity index (χ4n) is 1.36. The molecule has 5 heteroatoms. The van der Waals surface area contributed by atoms with Gasteiger partial charge in [0.25, 0.3) is 0 Å². The van der Waals surface area contributed by atoms with Gasteiger partial charge in [-0.3, -0.25) is 0 Å². The van der Waals surface area contributed by atoms with E-state index in [0.717, 1.165) is 0 Å². The molecule has 0 aliphatic carbocycles. The number of nitriles is 1. The van der Waals surface area contributed by atoms with Crippen LogP contribution in [0.15, 0.2) is 18.2 Å². The third-order valence-corrected chi connectivity index (χ3v) is 2.46. The normalized spacial score (nSPS) is 10.4. The van der Waals surface area contributed by atoms with E-state index >= 15 is 0 Å². The molecule has 18 heavy (non-hydrogen) atoms. The molecule has 0 saturated heterocycles. The Morgan fingerprint density at radius 2 is 1.94 bits per heavy atom. The average molecular weight is 270 g/mol. The molecule has 0 N–H and O–H groups in total. The van der Waals surface area contributed by atoms with Crippen molar-refractivity contribution in [2.24, 2.45) is 0 Å². The summed E-state index contributed by atoms with van der Waals surface area (Å²) in [5.41, 5.74) is 0.426. The lowest BCUT2D eigenvalue weighted by Crippen LogP contribution is -2.25. The minimum Gasteiger partial charge on any atom is -0.488 e. The molecule has 0 aromatic heterocycles. The molecule has 1 rings (SSSR count). The van der Waals surface area contributed by atoms with Crippen LogP contribution in [0.2, 0.25) is 5.02 Å². The van der Waals surface area contributed by atoms with E-state index in [0.29, 0.717) is 29.5 Å². The number of hydrogen-bond donors (Lipinski definition) is 0. The standard InChI is InChI=1S/C13H16ClNO3/c1-3-16-13(17-4-2)9-18-11-6-5-10(8-15)12(14)7-11/h5-7,13H,3-4,9H2,1-2H3. The van der Waals surface area contributed by atoms with Crippen LogP contribution in [0.5, 0.6) is 5.75 Å². The molecule has 0 aliphatic heterocycles. The maximum Gasteiger partial charge on any atom is 0.191 e. The highest BCUT2D eigenvalue weighted by Crippen LogP contribution is 2.22. The largest absolute Gasteiger partial charge is 0.488 e. The summed E-state index contributed by atoms with van der Waals surface area (Å²) >= 11 is 5.90. The van der Waals surface area contributed by atoms with Crippen molar-refractivity contribution in [3.8, 4) is 11.8 Å². The molecule has 0 amide bonds. The first-order valence-electron chi connectivity index (χ1n) is 5.76. The van der Waals surface area contributed by atoms with Gasteiger partial charge in [0.05, 0.1) is 10.6 Å². The lowest BCUT2D eigenvalue weighted by atomic mass is 10.2. The van der Waals surface area contributed by atoms with Gasteiger partial charge in [0.1, 0.15) is 18.4 Å². The van der Waals surface area contributed by atoms with Crippen molar-refractivity contribution >= 4 is 11.6 Å². The van der Waals surface area contributed by atoms with Crippen LogP contribution in [-0.4, -0.2) is 26.1 Å². The van der Waals surface area contributed by atoms with Crippen molar-refractivity contribution in [1.29, 1.82) is 5.26 Å². The number of ether oxygens (including phenoxy) is 3. The highest BCUT2D eigenvalue weighted by Gasteiger charge is 2.09. The maximum atomic E-state index is 8.75. The van der Waals surface area contributed by atoms with Gasteiger partial charge in [0.2, 0.25) is 0 Å². The van der Waals surface area contributed by atoms with Crippen molar-refractivity contribution in [3.63, 3.8) is 0 Å². The highest BCUT2D eigenvalue weighted by atomic mass is 35.5. The Morgan fingerprint density at radius 1 is 1.28 bits per heavy atom. The fraction of sp³-hybridized carbons (Fsp3) is 0.462. The fourth-order valence-corrected chi connectivity index (χ4v) is 1.57. The van der Waals surface area contributed by atoms with Gasteiger partial charge in [-0.05, 0) is 26.0 Å². The predicted octanol–water partition coefficient (Wildman–Crippen LogP) is 2.99. The minimum absolute atomic E-state index is 0.282. The maximum absolute atomic E-state index is 8.75. The molecule has 0 spiro atoms. The molecule has 1 aromatic carbocycles. The Labute approximate surface area is 112 Å². The van der Waals surface area contributed by atoms with Crippen LogP contribution in [0.25, 0.3) is 0 Å². The molecular formula is C13H16ClNO3. The van der Waals surface area contributed by atoms with Crippen LogP contribution >= 0.6 is 11.6 Å². The number of nitrogens with zero attached hydrogens (tertiary/aromatic N) is 1. The first-order valence-corrected chi connectivity index (χ1v) is 6.14. The van der Waals surface area contributed by atoms with Crippen LogP contribution in [0, 0.1) is 11.3 Å².